The highest BCUT2D eigenvalue weighted by molar-refractivity contribution is 7.98. The van der Waals surface area contributed by atoms with Crippen molar-refractivity contribution in [3.8, 4) is 0 Å². The Morgan fingerprint density at radius 3 is 2.60 bits per heavy atom. The second-order valence-electron chi connectivity index (χ2n) is 7.26. The van der Waals surface area contributed by atoms with Crippen LogP contribution in [0.15, 0.2) is 71.8 Å². The molecular weight excluding hydrogens is 410 g/mol. The molecule has 6 heteroatoms. The number of carbonyl (C=O) groups excluding carboxylic acids is 1. The van der Waals surface area contributed by atoms with Crippen LogP contribution in [0.4, 0.5) is 5.13 Å². The molecular formula is C24H23N3OS2. The number of benzene rings is 2. The lowest BCUT2D eigenvalue weighted by molar-refractivity contribution is 0.0982. The smallest absolute Gasteiger partial charge is 0.261 e. The van der Waals surface area contributed by atoms with Crippen LogP contribution in [-0.4, -0.2) is 22.1 Å². The SMILES string of the molecule is CSc1ccccc1C(=O)N(Cc1ccccn1)c1nc2c(C(C)C)cccc2s1. The van der Waals surface area contributed by atoms with Crippen LogP contribution in [0.5, 0.6) is 0 Å². The zero-order chi connectivity index (χ0) is 21.1. The summed E-state index contributed by atoms with van der Waals surface area (Å²) < 4.78 is 1.09. The fourth-order valence-electron chi connectivity index (χ4n) is 3.39. The van der Waals surface area contributed by atoms with Gasteiger partial charge in [0.2, 0.25) is 0 Å². The quantitative estimate of drug-likeness (QED) is 0.331. The highest BCUT2D eigenvalue weighted by atomic mass is 32.2. The molecule has 4 rings (SSSR count). The van der Waals surface area contributed by atoms with Crippen LogP contribution in [0.1, 0.15) is 41.4 Å². The summed E-state index contributed by atoms with van der Waals surface area (Å²) in [5.41, 5.74) is 3.69. The van der Waals surface area contributed by atoms with Crippen LogP contribution in [0.2, 0.25) is 0 Å². The Hall–Kier alpha value is -2.70. The van der Waals surface area contributed by atoms with E-state index in [2.05, 4.69) is 37.0 Å². The van der Waals surface area contributed by atoms with Gasteiger partial charge in [0.05, 0.1) is 28.0 Å². The Labute approximate surface area is 185 Å². The van der Waals surface area contributed by atoms with Gasteiger partial charge in [-0.3, -0.25) is 14.7 Å². The van der Waals surface area contributed by atoms with Crippen LogP contribution in [0.25, 0.3) is 10.2 Å². The molecule has 0 radical (unpaired) electrons. The number of pyridine rings is 1. The summed E-state index contributed by atoms with van der Waals surface area (Å²) in [5.74, 6) is 0.302. The number of carbonyl (C=O) groups is 1. The van der Waals surface area contributed by atoms with E-state index in [1.807, 2.05) is 48.7 Å². The van der Waals surface area contributed by atoms with Gasteiger partial charge in [0, 0.05) is 11.1 Å². The molecule has 0 aliphatic carbocycles. The molecule has 2 aromatic carbocycles. The lowest BCUT2D eigenvalue weighted by atomic mass is 10.0. The number of nitrogens with zero attached hydrogens (tertiary/aromatic N) is 3. The summed E-state index contributed by atoms with van der Waals surface area (Å²) in [7, 11) is 0. The first-order chi connectivity index (χ1) is 14.6. The second kappa shape index (κ2) is 8.98. The van der Waals surface area contributed by atoms with Crippen molar-refractivity contribution in [3.05, 3.63) is 83.7 Å². The Bertz CT molecular complexity index is 1170. The predicted octanol–water partition coefficient (Wildman–Crippen LogP) is 6.38. The van der Waals surface area contributed by atoms with Crippen molar-refractivity contribution in [1.29, 1.82) is 0 Å². The standard InChI is InChI=1S/C24H23N3OS2/c1-16(2)18-11-8-13-21-22(18)26-24(30-21)27(15-17-9-6-7-14-25-17)23(28)19-10-4-5-12-20(19)29-3/h4-14,16H,15H2,1-3H3. The molecule has 30 heavy (non-hydrogen) atoms. The number of thioether (sulfide) groups is 1. The normalized spacial score (nSPS) is 11.2. The Kier molecular flexibility index (Phi) is 6.16. The number of hydrogen-bond acceptors (Lipinski definition) is 5. The average molecular weight is 434 g/mol. The summed E-state index contributed by atoms with van der Waals surface area (Å²) in [4.78, 5) is 25.8. The van der Waals surface area contributed by atoms with E-state index in [1.54, 1.807) is 34.2 Å². The Balaban J connectivity index is 1.82. The molecule has 2 aromatic heterocycles. The zero-order valence-corrected chi connectivity index (χ0v) is 18.8. The average Bonchev–Trinajstić information content (AvgIpc) is 3.21. The number of hydrogen-bond donors (Lipinski definition) is 0. The van der Waals surface area contributed by atoms with Crippen LogP contribution in [-0.2, 0) is 6.54 Å². The number of thiazole rings is 1. The summed E-state index contributed by atoms with van der Waals surface area (Å²) >= 11 is 3.13. The third-order valence-electron chi connectivity index (χ3n) is 4.92. The van der Waals surface area contributed by atoms with E-state index < -0.39 is 0 Å². The maximum Gasteiger partial charge on any atom is 0.261 e. The van der Waals surface area contributed by atoms with E-state index in [0.29, 0.717) is 23.2 Å². The molecule has 4 nitrogen and oxygen atoms in total. The summed E-state index contributed by atoms with van der Waals surface area (Å²) in [6.45, 7) is 4.71. The van der Waals surface area contributed by atoms with Gasteiger partial charge in [0.1, 0.15) is 0 Å². The number of para-hydroxylation sites is 1. The lowest BCUT2D eigenvalue weighted by Crippen LogP contribution is -2.31. The maximum absolute atomic E-state index is 13.7. The highest BCUT2D eigenvalue weighted by Crippen LogP contribution is 2.35. The summed E-state index contributed by atoms with van der Waals surface area (Å²) in [6, 6.07) is 19.7. The van der Waals surface area contributed by atoms with Crippen LogP contribution in [0, 0.1) is 0 Å². The second-order valence-corrected chi connectivity index (χ2v) is 9.11. The third-order valence-corrected chi connectivity index (χ3v) is 6.76. The first kappa shape index (κ1) is 20.6. The van der Waals surface area contributed by atoms with Gasteiger partial charge < -0.3 is 0 Å². The molecule has 0 unspecified atom stereocenters. The van der Waals surface area contributed by atoms with Crippen LogP contribution >= 0.6 is 23.1 Å². The minimum atomic E-state index is -0.0595. The van der Waals surface area contributed by atoms with E-state index in [1.165, 1.54) is 5.56 Å². The molecule has 0 atom stereocenters. The summed E-state index contributed by atoms with van der Waals surface area (Å²) in [5, 5.41) is 0.699. The predicted molar refractivity (Wildman–Crippen MR) is 127 cm³/mol. The molecule has 0 spiro atoms. The van der Waals surface area contributed by atoms with Gasteiger partial charge in [-0.2, -0.15) is 0 Å². The molecule has 2 heterocycles. The van der Waals surface area contributed by atoms with Crippen molar-refractivity contribution in [2.45, 2.75) is 31.2 Å². The molecule has 1 amide bonds. The van der Waals surface area contributed by atoms with Crippen LogP contribution in [0.3, 0.4) is 0 Å². The fourth-order valence-corrected chi connectivity index (χ4v) is 4.97. The first-order valence-electron chi connectivity index (χ1n) is 9.82. The van der Waals surface area contributed by atoms with Crippen molar-refractivity contribution in [2.75, 3.05) is 11.2 Å². The van der Waals surface area contributed by atoms with Gasteiger partial charge in [0.25, 0.3) is 5.91 Å². The fraction of sp³-hybridized carbons (Fsp3) is 0.208. The molecule has 0 fully saturated rings. The maximum atomic E-state index is 13.7. The molecule has 0 aliphatic heterocycles. The molecule has 4 aromatic rings. The monoisotopic (exact) mass is 433 g/mol. The largest absolute Gasteiger partial charge is 0.278 e. The van der Waals surface area contributed by atoms with Crippen molar-refractivity contribution in [3.63, 3.8) is 0 Å². The molecule has 0 saturated carbocycles. The molecule has 0 aliphatic rings. The zero-order valence-electron chi connectivity index (χ0n) is 17.2. The number of aromatic nitrogens is 2. The number of rotatable bonds is 6. The first-order valence-corrected chi connectivity index (χ1v) is 11.9. The molecule has 0 bridgehead atoms. The van der Waals surface area contributed by atoms with Gasteiger partial charge in [-0.1, -0.05) is 55.5 Å². The lowest BCUT2D eigenvalue weighted by Gasteiger charge is -2.20. The molecule has 152 valence electrons. The van der Waals surface area contributed by atoms with E-state index in [0.717, 1.165) is 20.8 Å². The van der Waals surface area contributed by atoms with Gasteiger partial charge in [-0.25, -0.2) is 4.98 Å². The van der Waals surface area contributed by atoms with Crippen molar-refractivity contribution in [1.82, 2.24) is 9.97 Å². The van der Waals surface area contributed by atoms with Crippen molar-refractivity contribution >= 4 is 44.4 Å². The highest BCUT2D eigenvalue weighted by Gasteiger charge is 2.24. The Morgan fingerprint density at radius 1 is 1.07 bits per heavy atom. The Morgan fingerprint density at radius 2 is 1.87 bits per heavy atom. The van der Waals surface area contributed by atoms with Crippen molar-refractivity contribution in [2.24, 2.45) is 0 Å². The minimum Gasteiger partial charge on any atom is -0.278 e. The molecule has 0 N–H and O–H groups in total. The van der Waals surface area contributed by atoms with Gasteiger partial charge >= 0.3 is 0 Å². The molecule has 0 saturated heterocycles. The minimum absolute atomic E-state index is 0.0595. The van der Waals surface area contributed by atoms with Crippen LogP contribution < -0.4 is 4.90 Å². The van der Waals surface area contributed by atoms with E-state index in [-0.39, 0.29) is 5.91 Å². The van der Waals surface area contributed by atoms with Gasteiger partial charge in [-0.15, -0.1) is 11.8 Å². The number of fused-ring (bicyclic) bond motifs is 1. The van der Waals surface area contributed by atoms with Gasteiger partial charge in [-0.05, 0) is 48.1 Å². The topological polar surface area (TPSA) is 46.1 Å². The van der Waals surface area contributed by atoms with E-state index in [4.69, 9.17) is 4.98 Å². The summed E-state index contributed by atoms with van der Waals surface area (Å²) in [6.07, 6.45) is 3.74. The number of anilines is 1. The van der Waals surface area contributed by atoms with Gasteiger partial charge in [0.15, 0.2) is 5.13 Å². The van der Waals surface area contributed by atoms with Crippen molar-refractivity contribution < 1.29 is 4.79 Å². The number of amides is 1. The van der Waals surface area contributed by atoms with E-state index >= 15 is 0 Å². The van der Waals surface area contributed by atoms with E-state index in [9.17, 15) is 4.79 Å². The third kappa shape index (κ3) is 4.11.